The molecule has 2 unspecified atom stereocenters. The van der Waals surface area contributed by atoms with Crippen LogP contribution in [0.25, 0.3) is 22.3 Å². The highest BCUT2D eigenvalue weighted by molar-refractivity contribution is 5.91. The number of carboxylic acids is 1. The number of carbonyl (C=O) groups excluding carboxylic acids is 3. The summed E-state index contributed by atoms with van der Waals surface area (Å²) in [7, 11) is 0. The van der Waals surface area contributed by atoms with E-state index < -0.39 is 51.5 Å². The van der Waals surface area contributed by atoms with Gasteiger partial charge in [-0.05, 0) is 77.4 Å². The number of nitrogens with zero attached hydrogens (tertiary/aromatic N) is 2. The molecule has 6 aromatic carbocycles. The molecule has 0 aliphatic heterocycles. The molecule has 0 saturated carbocycles. The third-order valence-electron chi connectivity index (χ3n) is 12.0. The number of aromatic carboxylic acids is 1. The molecule has 6 aromatic rings. The molecule has 360 valence electrons. The van der Waals surface area contributed by atoms with Gasteiger partial charge in [0.05, 0.1) is 21.0 Å². The zero-order valence-corrected chi connectivity index (χ0v) is 39.0. The Hall–Kier alpha value is -8.40. The minimum absolute atomic E-state index is 0.0787. The third kappa shape index (κ3) is 11.3. The van der Waals surface area contributed by atoms with Gasteiger partial charge in [-0.3, -0.25) is 20.2 Å². The van der Waals surface area contributed by atoms with Gasteiger partial charge in [-0.2, -0.15) is 0 Å². The fourth-order valence-corrected chi connectivity index (χ4v) is 8.66. The van der Waals surface area contributed by atoms with Gasteiger partial charge in [0.15, 0.2) is 0 Å². The quantitative estimate of drug-likeness (QED) is 0.0464. The van der Waals surface area contributed by atoms with E-state index in [1.807, 2.05) is 84.9 Å². The Morgan fingerprint density at radius 3 is 1.23 bits per heavy atom. The van der Waals surface area contributed by atoms with Crippen molar-refractivity contribution in [2.45, 2.75) is 63.9 Å². The summed E-state index contributed by atoms with van der Waals surface area (Å²) in [5.41, 5.74) is 8.00. The molecular weight excluding hydrogens is 901 g/mol. The van der Waals surface area contributed by atoms with Crippen molar-refractivity contribution in [3.8, 4) is 22.3 Å². The second-order valence-electron chi connectivity index (χ2n) is 17.9. The molecule has 0 saturated heterocycles. The molecule has 0 fully saturated rings. The van der Waals surface area contributed by atoms with Crippen LogP contribution in [0.3, 0.4) is 0 Å². The molecule has 8 rings (SSSR count). The molecule has 0 aromatic heterocycles. The van der Waals surface area contributed by atoms with Crippen molar-refractivity contribution in [1.29, 1.82) is 0 Å². The lowest BCUT2D eigenvalue weighted by atomic mass is 9.98. The van der Waals surface area contributed by atoms with E-state index in [-0.39, 0.29) is 66.3 Å². The average Bonchev–Trinajstić information content (AvgIpc) is 3.84. The van der Waals surface area contributed by atoms with Crippen LogP contribution in [0.1, 0.15) is 112 Å². The molecule has 0 amide bonds. The number of hydrogen-bond acceptors (Lipinski definition) is 13. The molecule has 0 spiro atoms. The number of carboxylic acid groups (broad SMARTS) is 1. The number of nitro groups is 2. The highest BCUT2D eigenvalue weighted by atomic mass is 16.7. The molecule has 2 atom stereocenters. The molecule has 0 heterocycles. The van der Waals surface area contributed by atoms with Gasteiger partial charge in [0.1, 0.15) is 32.0 Å². The van der Waals surface area contributed by atoms with Crippen LogP contribution in [0, 0.1) is 20.2 Å². The summed E-state index contributed by atoms with van der Waals surface area (Å²) in [6.07, 6.45) is -1.71. The van der Waals surface area contributed by atoms with Crippen LogP contribution in [-0.2, 0) is 23.7 Å². The summed E-state index contributed by atoms with van der Waals surface area (Å²) < 4.78 is 26.6. The second kappa shape index (κ2) is 21.3. The van der Waals surface area contributed by atoms with Crippen LogP contribution in [-0.4, -0.2) is 71.2 Å². The van der Waals surface area contributed by atoms with E-state index in [9.17, 15) is 39.4 Å². The van der Waals surface area contributed by atoms with E-state index in [1.165, 1.54) is 30.3 Å². The number of esters is 1. The van der Waals surface area contributed by atoms with Gasteiger partial charge in [-0.15, -0.1) is 0 Å². The first-order valence-corrected chi connectivity index (χ1v) is 22.4. The van der Waals surface area contributed by atoms with Crippen LogP contribution < -0.4 is 0 Å². The summed E-state index contributed by atoms with van der Waals surface area (Å²) in [6, 6.07) is 39.8. The van der Waals surface area contributed by atoms with E-state index in [4.69, 9.17) is 28.8 Å². The first-order chi connectivity index (χ1) is 33.4. The van der Waals surface area contributed by atoms with Crippen molar-refractivity contribution in [3.63, 3.8) is 0 Å². The maximum Gasteiger partial charge on any atom is 0.508 e. The van der Waals surface area contributed by atoms with Gasteiger partial charge in [-0.25, -0.2) is 19.2 Å². The van der Waals surface area contributed by atoms with Gasteiger partial charge < -0.3 is 28.8 Å². The SMILES string of the molecule is CC(COC(=O)OCC1c2ccccc2-c2ccccc21)c1ccc(C(=O)O)cc1[N+](=O)[O-].CC(COC(=O)OCC1c2ccccc2-c2ccccc21)c1ccc(C(=O)OC(C)(C)C)cc1[N+](=O)[O-]. The zero-order chi connectivity index (χ0) is 50.3. The molecule has 0 radical (unpaired) electrons. The summed E-state index contributed by atoms with van der Waals surface area (Å²) >= 11 is 0. The molecule has 16 nitrogen and oxygen atoms in total. The summed E-state index contributed by atoms with van der Waals surface area (Å²) in [6.45, 7) is 8.46. The van der Waals surface area contributed by atoms with Crippen molar-refractivity contribution in [1.82, 2.24) is 0 Å². The largest absolute Gasteiger partial charge is 0.508 e. The number of rotatable bonds is 14. The molecular formula is C54H50N2O14. The van der Waals surface area contributed by atoms with Crippen LogP contribution in [0.4, 0.5) is 21.0 Å². The van der Waals surface area contributed by atoms with Gasteiger partial charge in [0.25, 0.3) is 11.4 Å². The van der Waals surface area contributed by atoms with E-state index in [2.05, 4.69) is 12.1 Å². The number of benzene rings is 6. The molecule has 1 N–H and O–H groups in total. The number of carbonyl (C=O) groups is 4. The Kier molecular flexibility index (Phi) is 15.0. The number of hydrogen-bond donors (Lipinski definition) is 1. The van der Waals surface area contributed by atoms with Crippen LogP contribution in [0.2, 0.25) is 0 Å². The maximum absolute atomic E-state index is 12.4. The Morgan fingerprint density at radius 1 is 0.543 bits per heavy atom. The Labute approximate surface area is 403 Å². The lowest BCUT2D eigenvalue weighted by molar-refractivity contribution is -0.385. The first kappa shape index (κ1) is 49.5. The molecule has 2 aliphatic carbocycles. The number of ether oxygens (including phenoxy) is 5. The van der Waals surface area contributed by atoms with Gasteiger partial charge in [0.2, 0.25) is 0 Å². The van der Waals surface area contributed by atoms with Crippen LogP contribution in [0.5, 0.6) is 0 Å². The minimum Gasteiger partial charge on any atom is -0.478 e. The first-order valence-electron chi connectivity index (χ1n) is 22.4. The second-order valence-corrected chi connectivity index (χ2v) is 17.9. The lowest BCUT2D eigenvalue weighted by Gasteiger charge is -2.20. The van der Waals surface area contributed by atoms with E-state index in [0.717, 1.165) is 50.6 Å². The van der Waals surface area contributed by atoms with Gasteiger partial charge in [0, 0.05) is 46.9 Å². The molecule has 16 heteroatoms. The van der Waals surface area contributed by atoms with Crippen molar-refractivity contribution in [2.75, 3.05) is 26.4 Å². The summed E-state index contributed by atoms with van der Waals surface area (Å²) in [5.74, 6) is -3.15. The average molecular weight is 951 g/mol. The normalized spacial score (nSPS) is 13.2. The molecule has 70 heavy (non-hydrogen) atoms. The predicted molar refractivity (Wildman–Crippen MR) is 257 cm³/mol. The maximum atomic E-state index is 12.4. The molecule has 2 aliphatic rings. The van der Waals surface area contributed by atoms with Crippen molar-refractivity contribution in [2.24, 2.45) is 0 Å². The highest BCUT2D eigenvalue weighted by Gasteiger charge is 2.32. The van der Waals surface area contributed by atoms with E-state index in [1.54, 1.807) is 34.6 Å². The fraction of sp³-hybridized carbons (Fsp3) is 0.259. The number of nitro benzene ring substituents is 2. The van der Waals surface area contributed by atoms with Crippen LogP contribution >= 0.6 is 0 Å². The standard InChI is InChI=1S/C29H29NO7.C25H21NO7/c1-18(20-14-13-19(15-26(20)30(33)34)27(31)37-29(2,3)4)16-35-28(32)36-17-25-23-11-7-5-9-21(23)22-10-6-8-12-24(22)25;1-15(17-11-10-16(24(27)28)12-23(17)26(30)31)13-32-25(29)33-14-22-20-8-4-2-6-18(20)19-7-3-5-9-21(19)22/h5-15,18,25H,16-17H2,1-4H3;2-12,15,22H,13-14H2,1H3,(H,27,28). The van der Waals surface area contributed by atoms with Crippen molar-refractivity contribution < 1.29 is 57.8 Å². The van der Waals surface area contributed by atoms with Crippen molar-refractivity contribution >= 4 is 35.6 Å². The molecule has 0 bridgehead atoms. The zero-order valence-electron chi connectivity index (χ0n) is 39.0. The van der Waals surface area contributed by atoms with Gasteiger partial charge in [-0.1, -0.05) is 123 Å². The third-order valence-corrected chi connectivity index (χ3v) is 12.0. The Morgan fingerprint density at radius 2 is 0.886 bits per heavy atom. The Balaban J connectivity index is 0.000000208. The monoisotopic (exact) mass is 950 g/mol. The predicted octanol–water partition coefficient (Wildman–Crippen LogP) is 12.0. The highest BCUT2D eigenvalue weighted by Crippen LogP contribution is 2.46. The van der Waals surface area contributed by atoms with E-state index in [0.29, 0.717) is 5.56 Å². The van der Waals surface area contributed by atoms with Crippen LogP contribution in [0.15, 0.2) is 133 Å². The number of fused-ring (bicyclic) bond motifs is 6. The fourth-order valence-electron chi connectivity index (χ4n) is 8.66. The summed E-state index contributed by atoms with van der Waals surface area (Å²) in [5, 5.41) is 32.1. The summed E-state index contributed by atoms with van der Waals surface area (Å²) in [4.78, 5) is 70.0. The minimum atomic E-state index is -1.26. The topological polar surface area (TPSA) is 221 Å². The van der Waals surface area contributed by atoms with E-state index >= 15 is 0 Å². The Bertz CT molecular complexity index is 2890. The smallest absolute Gasteiger partial charge is 0.478 e. The lowest BCUT2D eigenvalue weighted by Crippen LogP contribution is -2.24. The van der Waals surface area contributed by atoms with Gasteiger partial charge >= 0.3 is 24.2 Å². The van der Waals surface area contributed by atoms with Crippen molar-refractivity contribution in [3.05, 3.63) is 198 Å².